The van der Waals surface area contributed by atoms with Crippen molar-refractivity contribution < 1.29 is 0 Å². The number of anilines is 1. The standard InChI is InChI=1S/C22H16N4/c23-14-17-7-4-5-10-21(17)18-13-19(22-24-11-6-12-25-22)16-26(15-18)20-8-2-1-3-9-20/h1-13,16H,15H2. The predicted molar refractivity (Wildman–Crippen MR) is 103 cm³/mol. The Morgan fingerprint density at radius 3 is 2.38 bits per heavy atom. The van der Waals surface area contributed by atoms with E-state index in [1.807, 2.05) is 42.5 Å². The van der Waals surface area contributed by atoms with Gasteiger partial charge in [-0.3, -0.25) is 0 Å². The largest absolute Gasteiger partial charge is 0.343 e. The molecule has 2 heterocycles. The number of aromatic nitrogens is 2. The summed E-state index contributed by atoms with van der Waals surface area (Å²) in [5.41, 5.74) is 4.68. The Morgan fingerprint density at radius 1 is 0.885 bits per heavy atom. The van der Waals surface area contributed by atoms with Crippen LogP contribution in [0.5, 0.6) is 0 Å². The van der Waals surface area contributed by atoms with E-state index >= 15 is 0 Å². The van der Waals surface area contributed by atoms with Crippen LogP contribution >= 0.6 is 0 Å². The lowest BCUT2D eigenvalue weighted by molar-refractivity contribution is 1.06. The molecule has 0 unspecified atom stereocenters. The lowest BCUT2D eigenvalue weighted by Crippen LogP contribution is -2.22. The van der Waals surface area contributed by atoms with Gasteiger partial charge in [0.05, 0.1) is 11.6 Å². The molecule has 0 amide bonds. The SMILES string of the molecule is N#Cc1ccccc1C1=CC(c2ncccn2)=CN(c2ccccc2)C1. The third-order valence-corrected chi connectivity index (χ3v) is 4.27. The minimum atomic E-state index is 0.667. The molecule has 2 aromatic carbocycles. The Morgan fingerprint density at radius 2 is 1.62 bits per heavy atom. The first-order chi connectivity index (χ1) is 12.8. The maximum Gasteiger partial charge on any atom is 0.160 e. The molecular weight excluding hydrogens is 320 g/mol. The van der Waals surface area contributed by atoms with Crippen LogP contribution in [0.2, 0.25) is 0 Å². The number of rotatable bonds is 3. The van der Waals surface area contributed by atoms with Crippen molar-refractivity contribution in [3.05, 3.63) is 102 Å². The van der Waals surface area contributed by atoms with Gasteiger partial charge in [0, 0.05) is 36.4 Å². The lowest BCUT2D eigenvalue weighted by Gasteiger charge is -2.27. The molecule has 0 spiro atoms. The van der Waals surface area contributed by atoms with Gasteiger partial charge in [-0.25, -0.2) is 9.97 Å². The Balaban J connectivity index is 1.83. The fraction of sp³-hybridized carbons (Fsp3) is 0.0455. The van der Waals surface area contributed by atoms with E-state index in [2.05, 4.69) is 45.3 Å². The molecule has 0 atom stereocenters. The van der Waals surface area contributed by atoms with Crippen molar-refractivity contribution in [2.45, 2.75) is 0 Å². The molecule has 0 radical (unpaired) electrons. The van der Waals surface area contributed by atoms with Crippen LogP contribution in [0, 0.1) is 11.3 Å². The zero-order valence-electron chi connectivity index (χ0n) is 14.1. The molecule has 4 nitrogen and oxygen atoms in total. The molecule has 0 saturated carbocycles. The molecule has 26 heavy (non-hydrogen) atoms. The summed E-state index contributed by atoms with van der Waals surface area (Å²) >= 11 is 0. The molecule has 0 saturated heterocycles. The Hall–Kier alpha value is -3.71. The first-order valence-corrected chi connectivity index (χ1v) is 8.36. The summed E-state index contributed by atoms with van der Waals surface area (Å²) in [5, 5.41) is 9.48. The highest BCUT2D eigenvalue weighted by atomic mass is 15.1. The monoisotopic (exact) mass is 336 g/mol. The van der Waals surface area contributed by atoms with Crippen molar-refractivity contribution in [2.24, 2.45) is 0 Å². The van der Waals surface area contributed by atoms with Gasteiger partial charge in [0.15, 0.2) is 5.82 Å². The van der Waals surface area contributed by atoms with E-state index in [1.165, 1.54) is 0 Å². The molecule has 1 aliphatic heterocycles. The third-order valence-electron chi connectivity index (χ3n) is 4.27. The Bertz CT molecular complexity index is 1010. The fourth-order valence-electron chi connectivity index (χ4n) is 3.05. The second kappa shape index (κ2) is 7.04. The van der Waals surface area contributed by atoms with Crippen LogP contribution in [0.4, 0.5) is 5.69 Å². The highest BCUT2D eigenvalue weighted by Crippen LogP contribution is 2.31. The van der Waals surface area contributed by atoms with Crippen LogP contribution in [-0.4, -0.2) is 16.5 Å². The summed E-state index contributed by atoms with van der Waals surface area (Å²) in [7, 11) is 0. The van der Waals surface area contributed by atoms with E-state index in [-0.39, 0.29) is 0 Å². The zero-order valence-corrected chi connectivity index (χ0v) is 14.1. The molecule has 3 aromatic rings. The number of benzene rings is 2. The maximum absolute atomic E-state index is 9.48. The summed E-state index contributed by atoms with van der Waals surface area (Å²) in [4.78, 5) is 10.9. The van der Waals surface area contributed by atoms with Crippen molar-refractivity contribution in [1.29, 1.82) is 5.26 Å². The second-order valence-corrected chi connectivity index (χ2v) is 5.95. The smallest absolute Gasteiger partial charge is 0.160 e. The summed E-state index contributed by atoms with van der Waals surface area (Å²) < 4.78 is 0. The van der Waals surface area contributed by atoms with E-state index in [4.69, 9.17) is 0 Å². The average molecular weight is 336 g/mol. The average Bonchev–Trinajstić information content (AvgIpc) is 2.74. The van der Waals surface area contributed by atoms with Crippen LogP contribution in [-0.2, 0) is 0 Å². The van der Waals surface area contributed by atoms with Crippen LogP contribution < -0.4 is 4.90 Å². The Labute approximate surface area is 152 Å². The van der Waals surface area contributed by atoms with Gasteiger partial charge in [-0.15, -0.1) is 0 Å². The van der Waals surface area contributed by atoms with E-state index in [0.717, 1.165) is 22.4 Å². The minimum Gasteiger partial charge on any atom is -0.343 e. The van der Waals surface area contributed by atoms with Gasteiger partial charge >= 0.3 is 0 Å². The minimum absolute atomic E-state index is 0.667. The topological polar surface area (TPSA) is 52.8 Å². The molecule has 4 heteroatoms. The first kappa shape index (κ1) is 15.8. The number of allylic oxidation sites excluding steroid dienone is 2. The van der Waals surface area contributed by atoms with Crippen molar-refractivity contribution in [3.63, 3.8) is 0 Å². The van der Waals surface area contributed by atoms with Crippen molar-refractivity contribution in [2.75, 3.05) is 11.4 Å². The fourth-order valence-corrected chi connectivity index (χ4v) is 3.05. The number of nitrogens with zero attached hydrogens (tertiary/aromatic N) is 4. The van der Waals surface area contributed by atoms with Gasteiger partial charge in [-0.1, -0.05) is 36.4 Å². The van der Waals surface area contributed by atoms with Gasteiger partial charge in [-0.05, 0) is 41.5 Å². The van der Waals surface area contributed by atoms with E-state index < -0.39 is 0 Å². The molecular formula is C22H16N4. The molecule has 0 bridgehead atoms. The van der Waals surface area contributed by atoms with Crippen LogP contribution in [0.15, 0.2) is 85.3 Å². The highest BCUT2D eigenvalue weighted by molar-refractivity contribution is 5.89. The predicted octanol–water partition coefficient (Wildman–Crippen LogP) is 4.29. The summed E-state index contributed by atoms with van der Waals surface area (Å²) in [6, 6.07) is 21.9. The van der Waals surface area contributed by atoms with Gasteiger partial charge in [0.25, 0.3) is 0 Å². The number of para-hydroxylation sites is 1. The highest BCUT2D eigenvalue weighted by Gasteiger charge is 2.19. The number of hydrogen-bond donors (Lipinski definition) is 0. The summed E-state index contributed by atoms with van der Waals surface area (Å²) in [5.74, 6) is 0.667. The van der Waals surface area contributed by atoms with E-state index in [1.54, 1.807) is 18.5 Å². The van der Waals surface area contributed by atoms with Crippen molar-refractivity contribution >= 4 is 16.8 Å². The van der Waals surface area contributed by atoms with Crippen LogP contribution in [0.3, 0.4) is 0 Å². The van der Waals surface area contributed by atoms with Gasteiger partial charge in [0.1, 0.15) is 0 Å². The zero-order chi connectivity index (χ0) is 17.8. The molecule has 1 aromatic heterocycles. The summed E-state index contributed by atoms with van der Waals surface area (Å²) in [6.45, 7) is 0.680. The quantitative estimate of drug-likeness (QED) is 0.716. The lowest BCUT2D eigenvalue weighted by atomic mass is 9.95. The number of hydrogen-bond acceptors (Lipinski definition) is 4. The van der Waals surface area contributed by atoms with Crippen LogP contribution in [0.1, 0.15) is 17.0 Å². The molecule has 0 fully saturated rings. The molecule has 0 N–H and O–H groups in total. The molecule has 1 aliphatic rings. The van der Waals surface area contributed by atoms with Crippen molar-refractivity contribution in [1.82, 2.24) is 9.97 Å². The molecule has 4 rings (SSSR count). The maximum atomic E-state index is 9.48. The van der Waals surface area contributed by atoms with Crippen molar-refractivity contribution in [3.8, 4) is 6.07 Å². The first-order valence-electron chi connectivity index (χ1n) is 8.36. The molecule has 124 valence electrons. The third kappa shape index (κ3) is 3.11. The second-order valence-electron chi connectivity index (χ2n) is 5.95. The van der Waals surface area contributed by atoms with Crippen LogP contribution in [0.25, 0.3) is 11.1 Å². The Kier molecular flexibility index (Phi) is 4.28. The molecule has 0 aliphatic carbocycles. The van der Waals surface area contributed by atoms with E-state index in [0.29, 0.717) is 17.9 Å². The van der Waals surface area contributed by atoms with Gasteiger partial charge < -0.3 is 4.90 Å². The summed E-state index contributed by atoms with van der Waals surface area (Å²) in [6.07, 6.45) is 7.61. The van der Waals surface area contributed by atoms with E-state index in [9.17, 15) is 5.26 Å². The van der Waals surface area contributed by atoms with Gasteiger partial charge in [-0.2, -0.15) is 5.26 Å². The van der Waals surface area contributed by atoms with Gasteiger partial charge in [0.2, 0.25) is 0 Å². The normalized spacial score (nSPS) is 13.6. The number of nitriles is 1.